The van der Waals surface area contributed by atoms with Gasteiger partial charge in [-0.1, -0.05) is 70.5 Å². The van der Waals surface area contributed by atoms with Gasteiger partial charge in [0.1, 0.15) is 42.4 Å². The molecule has 460 valence electrons. The van der Waals surface area contributed by atoms with Gasteiger partial charge in [-0.25, -0.2) is 9.59 Å². The molecule has 3 amide bonds. The predicted molar refractivity (Wildman–Crippen MR) is 305 cm³/mol. The largest absolute Gasteiger partial charge is 1.00 e. The lowest BCUT2D eigenvalue weighted by molar-refractivity contribution is -0.934. The standard InChI is InChI=1S/C62H79N7O15.BrH/c1-10-34(4)49(52(75)64-43(53(76)77)27-48(72)73)65-51(74)44-19-15-23-68(44)47(71)33-69-30-36(11-2)25-37(31-69)29-61(57(78)82-8,50-39(32-69)38-17-13-14-18-42(38)63-50)41-26-40-45(28-46(41)81-7)66(6)55-60(40)21-24-67-22-16-20-59(12-3,54(60)67)56(84-35(5)70)62(55,80)58(79)83-9;/h13-14,16-18,20,25-26,28,34,37,43-44,49,54-56,63,80H,10-12,15,19,21-24,27,29-33H2,1-9H3,(H3-,64,65,72,73,74,75,76,77);1H/t34-,37-,43-,44-,49-,54-,55+,56+,59+,60+,61-,62-,69+;/m0./s1. The first-order chi connectivity index (χ1) is 40.0. The number of H-pyrrole nitrogens is 1. The third-order valence-corrected chi connectivity index (χ3v) is 20.2. The van der Waals surface area contributed by atoms with E-state index in [9.17, 15) is 44.1 Å². The number of aromatic nitrogens is 1. The van der Waals surface area contributed by atoms with E-state index in [1.165, 1.54) is 21.1 Å². The van der Waals surface area contributed by atoms with Crippen molar-refractivity contribution in [1.29, 1.82) is 0 Å². The second-order valence-electron chi connectivity index (χ2n) is 24.6. The van der Waals surface area contributed by atoms with E-state index in [0.717, 1.165) is 27.6 Å². The predicted octanol–water partition coefficient (Wildman–Crippen LogP) is 0.838. The van der Waals surface area contributed by atoms with Crippen molar-refractivity contribution in [3.63, 3.8) is 0 Å². The first kappa shape index (κ1) is 62.7. The molecule has 0 unspecified atom stereocenters. The Kier molecular flexibility index (Phi) is 17.3. The van der Waals surface area contributed by atoms with Crippen LogP contribution in [0.4, 0.5) is 5.69 Å². The molecule has 10 rings (SSSR count). The van der Waals surface area contributed by atoms with Gasteiger partial charge in [-0.05, 0) is 74.3 Å². The number of carbonyl (C=O) groups excluding carboxylic acids is 6. The summed E-state index contributed by atoms with van der Waals surface area (Å²) in [7, 11) is 5.96. The topological polar surface area (TPSA) is 284 Å². The molecule has 6 aliphatic heterocycles. The van der Waals surface area contributed by atoms with Crippen molar-refractivity contribution in [3.8, 4) is 5.75 Å². The molecular weight excluding hydrogens is 1160 g/mol. The molecule has 2 saturated heterocycles. The average Bonchev–Trinajstić information content (AvgIpc) is 1.54. The number of halogens is 1. The number of ether oxygens (including phenoxy) is 4. The van der Waals surface area contributed by atoms with Crippen LogP contribution < -0.4 is 37.3 Å². The van der Waals surface area contributed by atoms with Gasteiger partial charge in [0.05, 0.1) is 40.3 Å². The highest BCUT2D eigenvalue weighted by molar-refractivity contribution is 5.96. The molecule has 3 fully saturated rings. The summed E-state index contributed by atoms with van der Waals surface area (Å²) in [5, 5.41) is 38.5. The number of esters is 3. The molecule has 2 bridgehead atoms. The molecule has 22 nitrogen and oxygen atoms in total. The molecule has 1 aliphatic carbocycles. The van der Waals surface area contributed by atoms with Crippen LogP contribution in [0.3, 0.4) is 0 Å². The van der Waals surface area contributed by atoms with Crippen molar-refractivity contribution >= 4 is 64.2 Å². The molecule has 0 radical (unpaired) electrons. The van der Waals surface area contributed by atoms with Crippen LogP contribution in [0.1, 0.15) is 108 Å². The number of anilines is 1. The van der Waals surface area contributed by atoms with Crippen molar-refractivity contribution in [2.45, 2.75) is 145 Å². The summed E-state index contributed by atoms with van der Waals surface area (Å²) >= 11 is 0. The third kappa shape index (κ3) is 9.78. The van der Waals surface area contributed by atoms with Crippen molar-refractivity contribution in [2.75, 3.05) is 72.5 Å². The molecule has 1 spiro atoms. The molecular formula is C62H80BrN7O15. The minimum atomic E-state index is -2.40. The maximum Gasteiger partial charge on any atom is 0.344 e. The zero-order valence-electron chi connectivity index (χ0n) is 49.8. The Morgan fingerprint density at radius 2 is 1.66 bits per heavy atom. The van der Waals surface area contributed by atoms with Gasteiger partial charge in [-0.3, -0.25) is 33.7 Å². The summed E-state index contributed by atoms with van der Waals surface area (Å²) in [6, 6.07) is 6.37. The van der Waals surface area contributed by atoms with Gasteiger partial charge in [0.25, 0.3) is 5.91 Å². The number of amides is 3. The van der Waals surface area contributed by atoms with Crippen molar-refractivity contribution in [3.05, 3.63) is 82.6 Å². The number of rotatable bonds is 18. The first-order valence-electron chi connectivity index (χ1n) is 29.4. The second kappa shape index (κ2) is 23.5. The Labute approximate surface area is 504 Å². The lowest BCUT2D eigenvalue weighted by Crippen LogP contribution is -3.00. The molecule has 23 heteroatoms. The van der Waals surface area contributed by atoms with Gasteiger partial charge in [-0.15, -0.1) is 0 Å². The number of aliphatic carboxylic acids is 2. The van der Waals surface area contributed by atoms with E-state index in [-0.39, 0.29) is 59.3 Å². The number of benzene rings is 2. The quantitative estimate of drug-likeness (QED) is 0.0446. The SMILES string of the molecule is CCC1=C[C@H]2C[C@](C(=O)OC)(c3cc4c(cc3OC)N(C)[C@H]3[C@@](O)(C(=O)OC)[C@H](OC(C)=O)[C@]5(CC)C=CCN6CC[C@]43[C@@H]65)c3[nH]c4ccccc4c3C[N@@+](CC(=O)N3CCC[C@H]3C(=O)N[C@H](C(=O)N[C@@H](CC(=O)O)C(=O)O)[C@@H](C)CC)(C1)C2.[Br-]. The summed E-state index contributed by atoms with van der Waals surface area (Å²) < 4.78 is 24.5. The molecule has 7 heterocycles. The number of hydrogen-bond acceptors (Lipinski definition) is 15. The van der Waals surface area contributed by atoms with Crippen LogP contribution in [0.15, 0.2) is 60.2 Å². The third-order valence-electron chi connectivity index (χ3n) is 20.2. The summed E-state index contributed by atoms with van der Waals surface area (Å²) in [6.45, 7) is 11.4. The monoisotopic (exact) mass is 1240 g/mol. The Bertz CT molecular complexity index is 3280. The summed E-state index contributed by atoms with van der Waals surface area (Å²) in [6.07, 6.45) is 6.92. The number of nitrogens with zero attached hydrogens (tertiary/aromatic N) is 4. The fourth-order valence-electron chi connectivity index (χ4n) is 16.7. The number of fused-ring (bicyclic) bond motifs is 6. The van der Waals surface area contributed by atoms with Crippen molar-refractivity contribution < 1.29 is 94.1 Å². The smallest absolute Gasteiger partial charge is 0.344 e. The average molecular weight is 1240 g/mol. The Balaban J connectivity index is 0.00000865. The van der Waals surface area contributed by atoms with Crippen LogP contribution in [0.25, 0.3) is 10.9 Å². The number of carbonyl (C=O) groups is 8. The van der Waals surface area contributed by atoms with Gasteiger partial charge in [0, 0.05) is 89.3 Å². The van der Waals surface area contributed by atoms with Crippen LogP contribution in [0.2, 0.25) is 0 Å². The molecule has 1 aromatic heterocycles. The number of methoxy groups -OCH3 is 3. The molecule has 85 heavy (non-hydrogen) atoms. The highest BCUT2D eigenvalue weighted by atomic mass is 79.9. The summed E-state index contributed by atoms with van der Waals surface area (Å²) in [5.41, 5.74) is -1.03. The van der Waals surface area contributed by atoms with Gasteiger partial charge >= 0.3 is 29.8 Å². The van der Waals surface area contributed by atoms with Gasteiger partial charge < -0.3 is 81.1 Å². The highest BCUT2D eigenvalue weighted by Crippen LogP contribution is 2.68. The molecule has 6 N–H and O–H groups in total. The maximum atomic E-state index is 15.8. The van der Waals surface area contributed by atoms with Crippen molar-refractivity contribution in [1.82, 2.24) is 25.4 Å². The Morgan fingerprint density at radius 1 is 0.929 bits per heavy atom. The molecule has 7 aliphatic rings. The van der Waals surface area contributed by atoms with E-state index < -0.39 is 112 Å². The highest BCUT2D eigenvalue weighted by Gasteiger charge is 2.80. The molecule has 1 saturated carbocycles. The zero-order chi connectivity index (χ0) is 60.6. The van der Waals surface area contributed by atoms with E-state index in [4.69, 9.17) is 18.9 Å². The van der Waals surface area contributed by atoms with Crippen LogP contribution in [0.5, 0.6) is 5.75 Å². The van der Waals surface area contributed by atoms with Crippen molar-refractivity contribution in [2.24, 2.45) is 17.3 Å². The van der Waals surface area contributed by atoms with E-state index in [1.54, 1.807) is 18.9 Å². The minimum absolute atomic E-state index is 0. The number of aromatic amines is 1. The Hall–Kier alpha value is -6.82. The van der Waals surface area contributed by atoms with Crippen LogP contribution in [0, 0.1) is 17.3 Å². The fourth-order valence-corrected chi connectivity index (χ4v) is 16.7. The molecule has 3 aromatic rings. The minimum Gasteiger partial charge on any atom is -1.00 e. The van der Waals surface area contributed by atoms with E-state index in [1.807, 2.05) is 74.3 Å². The maximum absolute atomic E-state index is 15.8. The first-order valence-corrected chi connectivity index (χ1v) is 29.4. The lowest BCUT2D eigenvalue weighted by atomic mass is 9.47. The van der Waals surface area contributed by atoms with E-state index >= 15 is 9.59 Å². The summed E-state index contributed by atoms with van der Waals surface area (Å²) in [5.74, 6) is -7.30. The van der Waals surface area contributed by atoms with E-state index in [2.05, 4.69) is 33.5 Å². The number of quaternary nitrogens is 1. The number of aliphatic hydroxyl groups is 1. The van der Waals surface area contributed by atoms with Gasteiger partial charge in [0.2, 0.25) is 17.4 Å². The number of nitrogens with one attached hydrogen (secondary N) is 3. The fraction of sp³-hybridized carbons (Fsp3) is 0.581. The number of likely N-dealkylation sites (tertiary alicyclic amines) is 1. The number of carboxylic acid groups (broad SMARTS) is 2. The zero-order valence-corrected chi connectivity index (χ0v) is 51.4. The summed E-state index contributed by atoms with van der Waals surface area (Å²) in [4.78, 5) is 120. The normalized spacial score (nSPS) is 30.8. The van der Waals surface area contributed by atoms with Crippen LogP contribution in [-0.4, -0.2) is 192 Å². The van der Waals surface area contributed by atoms with Crippen LogP contribution >= 0.6 is 0 Å². The molecule has 13 atom stereocenters. The second-order valence-corrected chi connectivity index (χ2v) is 24.6. The number of hydrogen-bond donors (Lipinski definition) is 6. The van der Waals surface area contributed by atoms with Gasteiger partial charge in [-0.2, -0.15) is 0 Å². The van der Waals surface area contributed by atoms with Crippen LogP contribution in [-0.2, 0) is 69.9 Å². The van der Waals surface area contributed by atoms with Gasteiger partial charge in [0.15, 0.2) is 12.6 Å². The Morgan fingerprint density at radius 3 is 2.31 bits per heavy atom. The number of carboxylic acids is 2. The lowest BCUT2D eigenvalue weighted by Gasteiger charge is -2.63. The molecule has 2 aromatic carbocycles. The number of para-hydroxylation sites is 1. The van der Waals surface area contributed by atoms with E-state index in [0.29, 0.717) is 87.4 Å². The number of likely N-dealkylation sites (N-methyl/N-ethyl adjacent to an activating group) is 1.